The van der Waals surface area contributed by atoms with Crippen LogP contribution in [0.1, 0.15) is 44.1 Å². The standard InChI is InChI=1S/C18H22N4OS2/c1-11(2)18(3,9-19)22-14(23)8-24-16-15-12-6-4-5-7-13(12)25-17(15)21-10-20-16/h10-11H,4-8H2,1-3H3,(H,22,23)/t18-/m1/s1. The molecule has 0 radical (unpaired) electrons. The van der Waals surface area contributed by atoms with Gasteiger partial charge in [0.25, 0.3) is 0 Å². The van der Waals surface area contributed by atoms with Crippen molar-refractivity contribution in [1.82, 2.24) is 15.3 Å². The maximum atomic E-state index is 12.3. The van der Waals surface area contributed by atoms with Crippen LogP contribution in [-0.2, 0) is 17.6 Å². The van der Waals surface area contributed by atoms with Crippen LogP contribution >= 0.6 is 23.1 Å². The van der Waals surface area contributed by atoms with Crippen LogP contribution in [0.2, 0.25) is 0 Å². The lowest BCUT2D eigenvalue weighted by Crippen LogP contribution is -2.49. The van der Waals surface area contributed by atoms with Crippen molar-refractivity contribution in [1.29, 1.82) is 5.26 Å². The number of nitrogens with one attached hydrogen (secondary N) is 1. The Morgan fingerprint density at radius 2 is 2.20 bits per heavy atom. The molecule has 0 bridgehead atoms. The van der Waals surface area contributed by atoms with Crippen LogP contribution < -0.4 is 5.32 Å². The normalized spacial score (nSPS) is 16.3. The fraction of sp³-hybridized carbons (Fsp3) is 0.556. The highest BCUT2D eigenvalue weighted by Crippen LogP contribution is 2.39. The van der Waals surface area contributed by atoms with Gasteiger partial charge in [0.15, 0.2) is 0 Å². The number of rotatable bonds is 5. The molecule has 1 atom stereocenters. The van der Waals surface area contributed by atoms with E-state index in [9.17, 15) is 10.1 Å². The lowest BCUT2D eigenvalue weighted by molar-refractivity contribution is -0.120. The Morgan fingerprint density at radius 1 is 1.44 bits per heavy atom. The van der Waals surface area contributed by atoms with E-state index in [2.05, 4.69) is 21.4 Å². The van der Waals surface area contributed by atoms with E-state index in [4.69, 9.17) is 0 Å². The highest BCUT2D eigenvalue weighted by atomic mass is 32.2. The zero-order valence-electron chi connectivity index (χ0n) is 14.8. The predicted octanol–water partition coefficient (Wildman–Crippen LogP) is 3.72. The molecule has 0 unspecified atom stereocenters. The maximum absolute atomic E-state index is 12.3. The summed E-state index contributed by atoms with van der Waals surface area (Å²) in [6.07, 6.45) is 6.21. The van der Waals surface area contributed by atoms with Gasteiger partial charge in [-0.2, -0.15) is 5.26 Å². The number of carbonyl (C=O) groups is 1. The van der Waals surface area contributed by atoms with E-state index in [1.54, 1.807) is 24.6 Å². The summed E-state index contributed by atoms with van der Waals surface area (Å²) in [5.41, 5.74) is 0.527. The number of aromatic nitrogens is 2. The highest BCUT2D eigenvalue weighted by molar-refractivity contribution is 8.00. The molecular formula is C18H22N4OS2. The van der Waals surface area contributed by atoms with Crippen LogP contribution in [0.4, 0.5) is 0 Å². The van der Waals surface area contributed by atoms with Crippen LogP contribution in [0.25, 0.3) is 10.2 Å². The number of fused-ring (bicyclic) bond motifs is 3. The van der Waals surface area contributed by atoms with Gasteiger partial charge in [0.05, 0.1) is 11.8 Å². The first-order valence-electron chi connectivity index (χ1n) is 8.55. The van der Waals surface area contributed by atoms with Gasteiger partial charge in [-0.1, -0.05) is 25.6 Å². The third kappa shape index (κ3) is 3.65. The van der Waals surface area contributed by atoms with E-state index < -0.39 is 5.54 Å². The number of thioether (sulfide) groups is 1. The monoisotopic (exact) mass is 374 g/mol. The van der Waals surface area contributed by atoms with Crippen LogP contribution in [0.5, 0.6) is 0 Å². The molecule has 7 heteroatoms. The van der Waals surface area contributed by atoms with Gasteiger partial charge >= 0.3 is 0 Å². The summed E-state index contributed by atoms with van der Waals surface area (Å²) in [5, 5.41) is 14.2. The molecule has 0 aliphatic heterocycles. The van der Waals surface area contributed by atoms with Crippen molar-refractivity contribution in [3.63, 3.8) is 0 Å². The Morgan fingerprint density at radius 3 is 2.92 bits per heavy atom. The molecule has 0 fully saturated rings. The summed E-state index contributed by atoms with van der Waals surface area (Å²) < 4.78 is 0. The molecule has 3 rings (SSSR count). The summed E-state index contributed by atoms with van der Waals surface area (Å²) in [5.74, 6) is 0.153. The fourth-order valence-corrected chi connectivity index (χ4v) is 5.05. The second-order valence-electron chi connectivity index (χ2n) is 6.88. The van der Waals surface area contributed by atoms with E-state index in [0.29, 0.717) is 0 Å². The number of hydrogen-bond acceptors (Lipinski definition) is 6. The first-order chi connectivity index (χ1) is 11.9. The summed E-state index contributed by atoms with van der Waals surface area (Å²) in [6.45, 7) is 5.63. The number of nitrogens with zero attached hydrogens (tertiary/aromatic N) is 3. The van der Waals surface area contributed by atoms with Crippen LogP contribution in [0.3, 0.4) is 0 Å². The van der Waals surface area contributed by atoms with E-state index in [1.807, 2.05) is 13.8 Å². The van der Waals surface area contributed by atoms with Crippen molar-refractivity contribution in [2.45, 2.75) is 57.0 Å². The Hall–Kier alpha value is -1.65. The van der Waals surface area contributed by atoms with Crippen molar-refractivity contribution in [3.05, 3.63) is 16.8 Å². The summed E-state index contributed by atoms with van der Waals surface area (Å²) in [7, 11) is 0. The first-order valence-corrected chi connectivity index (χ1v) is 10.3. The molecule has 132 valence electrons. The predicted molar refractivity (Wildman–Crippen MR) is 102 cm³/mol. The largest absolute Gasteiger partial charge is 0.337 e. The second kappa shape index (κ2) is 7.30. The molecule has 25 heavy (non-hydrogen) atoms. The lowest BCUT2D eigenvalue weighted by Gasteiger charge is -2.27. The topological polar surface area (TPSA) is 78.7 Å². The van der Waals surface area contributed by atoms with Crippen molar-refractivity contribution < 1.29 is 4.79 Å². The number of hydrogen-bond donors (Lipinski definition) is 1. The molecule has 1 amide bonds. The van der Waals surface area contributed by atoms with Crippen LogP contribution in [0.15, 0.2) is 11.4 Å². The van der Waals surface area contributed by atoms with Crippen LogP contribution in [-0.4, -0.2) is 27.2 Å². The van der Waals surface area contributed by atoms with E-state index in [0.717, 1.165) is 28.1 Å². The van der Waals surface area contributed by atoms with E-state index in [1.165, 1.54) is 35.0 Å². The maximum Gasteiger partial charge on any atom is 0.231 e. The van der Waals surface area contributed by atoms with E-state index in [-0.39, 0.29) is 17.6 Å². The zero-order chi connectivity index (χ0) is 18.0. The van der Waals surface area contributed by atoms with Gasteiger partial charge in [0.1, 0.15) is 21.7 Å². The molecule has 2 aromatic heterocycles. The number of thiophene rings is 1. The molecule has 1 aliphatic carbocycles. The van der Waals surface area contributed by atoms with Crippen LogP contribution in [0, 0.1) is 17.2 Å². The summed E-state index contributed by atoms with van der Waals surface area (Å²) in [4.78, 5) is 23.6. The first kappa shape index (κ1) is 18.2. The van der Waals surface area contributed by atoms with Crippen molar-refractivity contribution in [3.8, 4) is 6.07 Å². The minimum atomic E-state index is -0.847. The van der Waals surface area contributed by atoms with Crippen molar-refractivity contribution in [2.75, 3.05) is 5.75 Å². The minimum absolute atomic E-state index is 0.0427. The van der Waals surface area contributed by atoms with Gasteiger partial charge in [-0.25, -0.2) is 9.97 Å². The van der Waals surface area contributed by atoms with Gasteiger partial charge in [-0.3, -0.25) is 4.79 Å². The molecule has 0 aromatic carbocycles. The molecule has 0 spiro atoms. The Kier molecular flexibility index (Phi) is 5.30. The third-order valence-corrected chi connectivity index (χ3v) is 7.03. The molecule has 2 aromatic rings. The quantitative estimate of drug-likeness (QED) is 0.637. The number of amides is 1. The smallest absolute Gasteiger partial charge is 0.231 e. The van der Waals surface area contributed by atoms with Gasteiger partial charge in [0, 0.05) is 10.3 Å². The second-order valence-corrected chi connectivity index (χ2v) is 8.92. The van der Waals surface area contributed by atoms with E-state index >= 15 is 0 Å². The molecule has 1 N–H and O–H groups in total. The number of aryl methyl sites for hydroxylation is 2. The van der Waals surface area contributed by atoms with Crippen molar-refractivity contribution >= 4 is 39.2 Å². The summed E-state index contributed by atoms with van der Waals surface area (Å²) >= 11 is 3.19. The van der Waals surface area contributed by atoms with Crippen molar-refractivity contribution in [2.24, 2.45) is 5.92 Å². The molecule has 0 saturated heterocycles. The lowest BCUT2D eigenvalue weighted by atomic mass is 9.90. The molecule has 0 saturated carbocycles. The van der Waals surface area contributed by atoms with Gasteiger partial charge < -0.3 is 5.32 Å². The highest BCUT2D eigenvalue weighted by Gasteiger charge is 2.30. The third-order valence-electron chi connectivity index (χ3n) is 4.84. The van der Waals surface area contributed by atoms with Gasteiger partial charge in [0.2, 0.25) is 5.91 Å². The Bertz CT molecular complexity index is 839. The average Bonchev–Trinajstić information content (AvgIpc) is 2.98. The van der Waals surface area contributed by atoms with Gasteiger partial charge in [-0.15, -0.1) is 11.3 Å². The zero-order valence-corrected chi connectivity index (χ0v) is 16.4. The SMILES string of the molecule is CC(C)[C@@](C)(C#N)NC(=O)CSc1ncnc2sc3c(c12)CCCC3. The molecule has 5 nitrogen and oxygen atoms in total. The Labute approximate surface area is 156 Å². The van der Waals surface area contributed by atoms with Gasteiger partial charge in [-0.05, 0) is 44.1 Å². The minimum Gasteiger partial charge on any atom is -0.337 e. The molecule has 2 heterocycles. The average molecular weight is 375 g/mol. The number of nitriles is 1. The summed E-state index contributed by atoms with van der Waals surface area (Å²) in [6, 6.07) is 2.21. The fourth-order valence-electron chi connectivity index (χ4n) is 2.93. The molecular weight excluding hydrogens is 352 g/mol. The molecule has 1 aliphatic rings. The Balaban J connectivity index is 1.77. The number of carbonyl (C=O) groups excluding carboxylic acids is 1.